The van der Waals surface area contributed by atoms with Gasteiger partial charge in [0, 0.05) is 25.5 Å². The Bertz CT molecular complexity index is 513. The van der Waals surface area contributed by atoms with Gasteiger partial charge < -0.3 is 10.5 Å². The van der Waals surface area contributed by atoms with Crippen molar-refractivity contribution in [3.63, 3.8) is 0 Å². The van der Waals surface area contributed by atoms with Crippen LogP contribution in [-0.2, 0) is 0 Å². The van der Waals surface area contributed by atoms with E-state index in [-0.39, 0.29) is 0 Å². The highest BCUT2D eigenvalue weighted by Gasteiger charge is 2.21. The molecule has 1 aliphatic heterocycles. The maximum Gasteiger partial charge on any atom is 0.236 e. The van der Waals surface area contributed by atoms with Crippen LogP contribution in [0.2, 0.25) is 0 Å². The lowest BCUT2D eigenvalue weighted by Crippen LogP contribution is -2.17. The number of pyridine rings is 1. The summed E-state index contributed by atoms with van der Waals surface area (Å²) < 4.78 is 0.917. The smallest absolute Gasteiger partial charge is 0.236 e. The van der Waals surface area contributed by atoms with Crippen LogP contribution in [0.1, 0.15) is 24.4 Å². The maximum atomic E-state index is 8.74. The maximum absolute atomic E-state index is 8.74. The second-order valence-corrected chi connectivity index (χ2v) is 4.77. The molecule has 2 aromatic heterocycles. The molecule has 108 valence electrons. The molecule has 2 aromatic rings. The molecule has 0 aromatic carbocycles. The lowest BCUT2D eigenvalue weighted by Gasteiger charge is -2.18. The minimum atomic E-state index is 0.449. The summed E-state index contributed by atoms with van der Waals surface area (Å²) in [4.78, 5) is 10.3. The molecule has 0 amide bonds. The van der Waals surface area contributed by atoms with Crippen LogP contribution in [0.15, 0.2) is 36.9 Å². The van der Waals surface area contributed by atoms with Gasteiger partial charge >= 0.3 is 0 Å². The van der Waals surface area contributed by atoms with Crippen LogP contribution in [0.5, 0.6) is 0 Å². The van der Waals surface area contributed by atoms with Crippen LogP contribution in [0.3, 0.4) is 0 Å². The lowest BCUT2D eigenvalue weighted by molar-refractivity contribution is 0.192. The van der Waals surface area contributed by atoms with E-state index in [9.17, 15) is 0 Å². The van der Waals surface area contributed by atoms with Crippen molar-refractivity contribution in [1.82, 2.24) is 19.6 Å². The van der Waals surface area contributed by atoms with Crippen molar-refractivity contribution >= 4 is 5.95 Å². The second kappa shape index (κ2) is 6.91. The molecular weight excluding hydrogens is 254 g/mol. The van der Waals surface area contributed by atoms with Gasteiger partial charge in [0.05, 0.1) is 12.4 Å². The van der Waals surface area contributed by atoms with E-state index in [4.69, 9.17) is 5.21 Å². The van der Waals surface area contributed by atoms with Gasteiger partial charge in [0.1, 0.15) is 0 Å². The topological polar surface area (TPSA) is 66.2 Å². The summed E-state index contributed by atoms with van der Waals surface area (Å²) in [6.07, 6.45) is 9.36. The number of nitrogens with zero attached hydrogens (tertiary/aromatic N) is 4. The first kappa shape index (κ1) is 14.3. The Hall–Kier alpha value is -2.08. The van der Waals surface area contributed by atoms with E-state index in [2.05, 4.69) is 33.3 Å². The standard InChI is InChI=1S/C10H14N2.C4H7N3O/c1-12-7-3-5-10(12)9-4-2-6-11-8-9;1-5-4-6-2-3-7(4)8/h2,4,6,8,10H,3,5,7H2,1H3;2-3,8H,1H3,(H,5,6). The van der Waals surface area contributed by atoms with Crippen LogP contribution in [0.4, 0.5) is 5.95 Å². The van der Waals surface area contributed by atoms with E-state index >= 15 is 0 Å². The van der Waals surface area contributed by atoms with Crippen molar-refractivity contribution in [1.29, 1.82) is 0 Å². The Morgan fingerprint density at radius 2 is 2.25 bits per heavy atom. The van der Waals surface area contributed by atoms with Gasteiger partial charge in [-0.05, 0) is 38.1 Å². The molecule has 1 saturated heterocycles. The fourth-order valence-corrected chi connectivity index (χ4v) is 2.38. The minimum Gasteiger partial charge on any atom is -0.425 e. The second-order valence-electron chi connectivity index (χ2n) is 4.77. The Labute approximate surface area is 119 Å². The van der Waals surface area contributed by atoms with Crippen molar-refractivity contribution in [3.8, 4) is 0 Å². The molecule has 6 heteroatoms. The van der Waals surface area contributed by atoms with E-state index in [1.54, 1.807) is 7.05 Å². The van der Waals surface area contributed by atoms with Gasteiger partial charge in [-0.25, -0.2) is 4.98 Å². The number of nitrogens with one attached hydrogen (secondary N) is 1. The third kappa shape index (κ3) is 3.48. The van der Waals surface area contributed by atoms with E-state index in [1.807, 2.05) is 18.5 Å². The van der Waals surface area contributed by atoms with Gasteiger partial charge in [-0.3, -0.25) is 9.88 Å². The molecule has 0 spiro atoms. The van der Waals surface area contributed by atoms with Gasteiger partial charge in [-0.1, -0.05) is 6.07 Å². The van der Waals surface area contributed by atoms with Crippen LogP contribution < -0.4 is 5.32 Å². The zero-order chi connectivity index (χ0) is 14.4. The molecule has 20 heavy (non-hydrogen) atoms. The SMILES string of the molecule is CN1CCCC1c1cccnc1.CNc1nccn1O. The summed E-state index contributed by atoms with van der Waals surface area (Å²) in [6.45, 7) is 1.22. The molecule has 0 bridgehead atoms. The summed E-state index contributed by atoms with van der Waals surface area (Å²) in [7, 11) is 3.87. The first-order valence-electron chi connectivity index (χ1n) is 6.73. The average Bonchev–Trinajstić information content (AvgIpc) is 3.08. The normalized spacial score (nSPS) is 18.4. The largest absolute Gasteiger partial charge is 0.425 e. The average molecular weight is 275 g/mol. The number of likely N-dealkylation sites (tertiary alicyclic amines) is 1. The van der Waals surface area contributed by atoms with Crippen molar-refractivity contribution in [2.24, 2.45) is 0 Å². The minimum absolute atomic E-state index is 0.449. The molecule has 0 radical (unpaired) electrons. The molecule has 1 unspecified atom stereocenters. The van der Waals surface area contributed by atoms with Crippen LogP contribution in [0, 0.1) is 0 Å². The molecule has 6 nitrogen and oxygen atoms in total. The van der Waals surface area contributed by atoms with Crippen molar-refractivity contribution in [2.75, 3.05) is 26.0 Å². The molecule has 0 aliphatic carbocycles. The van der Waals surface area contributed by atoms with Crippen LogP contribution in [0.25, 0.3) is 0 Å². The molecule has 3 rings (SSSR count). The fourth-order valence-electron chi connectivity index (χ4n) is 2.38. The lowest BCUT2D eigenvalue weighted by atomic mass is 10.1. The molecule has 1 aliphatic rings. The first-order valence-corrected chi connectivity index (χ1v) is 6.73. The molecule has 3 heterocycles. The zero-order valence-electron chi connectivity index (χ0n) is 11.9. The summed E-state index contributed by atoms with van der Waals surface area (Å²) in [5.41, 5.74) is 1.36. The van der Waals surface area contributed by atoms with Gasteiger partial charge in [0.15, 0.2) is 0 Å². The predicted molar refractivity (Wildman–Crippen MR) is 77.8 cm³/mol. The number of imidazole rings is 1. The van der Waals surface area contributed by atoms with Crippen molar-refractivity contribution < 1.29 is 5.21 Å². The quantitative estimate of drug-likeness (QED) is 0.821. The Kier molecular flexibility index (Phi) is 4.95. The molecule has 2 N–H and O–H groups in total. The molecule has 1 fully saturated rings. The van der Waals surface area contributed by atoms with E-state index in [0.717, 1.165) is 4.73 Å². The highest BCUT2D eigenvalue weighted by atomic mass is 16.5. The number of rotatable bonds is 2. The molecule has 1 atom stereocenters. The predicted octanol–water partition coefficient (Wildman–Crippen LogP) is 2.01. The summed E-state index contributed by atoms with van der Waals surface area (Å²) >= 11 is 0. The zero-order valence-corrected chi connectivity index (χ0v) is 11.9. The van der Waals surface area contributed by atoms with E-state index in [1.165, 1.54) is 37.3 Å². The van der Waals surface area contributed by atoms with Crippen molar-refractivity contribution in [2.45, 2.75) is 18.9 Å². The number of anilines is 1. The fraction of sp³-hybridized carbons (Fsp3) is 0.429. The summed E-state index contributed by atoms with van der Waals surface area (Å²) in [6, 6.07) is 4.79. The monoisotopic (exact) mass is 275 g/mol. The van der Waals surface area contributed by atoms with Gasteiger partial charge in [0.2, 0.25) is 5.95 Å². The van der Waals surface area contributed by atoms with Crippen molar-refractivity contribution in [3.05, 3.63) is 42.5 Å². The molecule has 0 saturated carbocycles. The van der Waals surface area contributed by atoms with Gasteiger partial charge in [-0.2, -0.15) is 4.73 Å². The Balaban J connectivity index is 0.000000160. The third-order valence-corrected chi connectivity index (χ3v) is 3.43. The van der Waals surface area contributed by atoms with Crippen LogP contribution >= 0.6 is 0 Å². The van der Waals surface area contributed by atoms with Gasteiger partial charge in [0.25, 0.3) is 0 Å². The summed E-state index contributed by atoms with van der Waals surface area (Å²) in [5, 5.41) is 11.4. The Morgan fingerprint density at radius 3 is 2.70 bits per heavy atom. The van der Waals surface area contributed by atoms with E-state index < -0.39 is 0 Å². The number of hydrogen-bond donors (Lipinski definition) is 2. The highest BCUT2D eigenvalue weighted by Crippen LogP contribution is 2.29. The van der Waals surface area contributed by atoms with Crippen LogP contribution in [-0.4, -0.2) is 45.4 Å². The molecular formula is C14H21N5O. The highest BCUT2D eigenvalue weighted by molar-refractivity contribution is 5.22. The third-order valence-electron chi connectivity index (χ3n) is 3.43. The Morgan fingerprint density at radius 1 is 1.40 bits per heavy atom. The first-order chi connectivity index (χ1) is 9.72. The van der Waals surface area contributed by atoms with Gasteiger partial charge in [-0.15, -0.1) is 0 Å². The summed E-state index contributed by atoms with van der Waals surface area (Å²) in [5.74, 6) is 0.449. The van der Waals surface area contributed by atoms with E-state index in [0.29, 0.717) is 12.0 Å². The number of hydrogen-bond acceptors (Lipinski definition) is 5. The number of aromatic nitrogens is 3.